The lowest BCUT2D eigenvalue weighted by Crippen LogP contribution is -2.14. The number of thioether (sulfide) groups is 1. The molecule has 74 valence electrons. The molecule has 0 amide bonds. The van der Waals surface area contributed by atoms with E-state index in [0.717, 1.165) is 23.2 Å². The van der Waals surface area contributed by atoms with Crippen LogP contribution in [0.2, 0.25) is 10.0 Å². The van der Waals surface area contributed by atoms with Gasteiger partial charge in [-0.1, -0.05) is 29.3 Å². The van der Waals surface area contributed by atoms with Crippen molar-refractivity contribution in [3.8, 4) is 0 Å². The minimum Gasteiger partial charge on any atom is -0.363 e. The molecule has 0 bridgehead atoms. The van der Waals surface area contributed by atoms with Crippen molar-refractivity contribution in [1.82, 2.24) is 5.32 Å². The molecule has 0 saturated heterocycles. The summed E-state index contributed by atoms with van der Waals surface area (Å²) in [4.78, 5) is 5.13. The second-order valence-electron chi connectivity index (χ2n) is 2.77. The van der Waals surface area contributed by atoms with Crippen LogP contribution in [-0.4, -0.2) is 18.3 Å². The van der Waals surface area contributed by atoms with Crippen molar-refractivity contribution in [2.45, 2.75) is 4.90 Å². The Morgan fingerprint density at radius 2 is 2.00 bits per heavy atom. The maximum absolute atomic E-state index is 6.02. The molecule has 0 radical (unpaired) electrons. The lowest BCUT2D eigenvalue weighted by atomic mass is 10.4. The number of halogens is 2. The number of aliphatic imine (C=N–C) groups is 1. The molecule has 0 aliphatic carbocycles. The van der Waals surface area contributed by atoms with Crippen LogP contribution in [-0.2, 0) is 0 Å². The van der Waals surface area contributed by atoms with E-state index in [-0.39, 0.29) is 0 Å². The van der Waals surface area contributed by atoms with Crippen molar-refractivity contribution in [3.63, 3.8) is 0 Å². The largest absolute Gasteiger partial charge is 0.363 e. The van der Waals surface area contributed by atoms with Gasteiger partial charge in [-0.3, -0.25) is 4.99 Å². The van der Waals surface area contributed by atoms with E-state index < -0.39 is 0 Å². The van der Waals surface area contributed by atoms with E-state index in [1.807, 2.05) is 18.2 Å². The number of hydrogen-bond acceptors (Lipinski definition) is 3. The Bertz CT molecular complexity index is 359. The van der Waals surface area contributed by atoms with Crippen LogP contribution in [0, 0.1) is 0 Å². The summed E-state index contributed by atoms with van der Waals surface area (Å²) in [6.07, 6.45) is 0. The molecular formula is C9H8Cl2N2S. The maximum Gasteiger partial charge on any atom is 0.161 e. The van der Waals surface area contributed by atoms with Crippen LogP contribution in [0.3, 0.4) is 0 Å². The Hall–Kier alpha value is -0.380. The Kier molecular flexibility index (Phi) is 3.21. The molecule has 0 spiro atoms. The normalized spacial score (nSPS) is 15.1. The molecule has 1 aliphatic heterocycles. The fraction of sp³-hybridized carbons (Fsp3) is 0.222. The monoisotopic (exact) mass is 246 g/mol. The van der Waals surface area contributed by atoms with Gasteiger partial charge in [0.1, 0.15) is 0 Å². The summed E-state index contributed by atoms with van der Waals surface area (Å²) >= 11 is 13.5. The molecule has 0 atom stereocenters. The van der Waals surface area contributed by atoms with Gasteiger partial charge in [0.25, 0.3) is 0 Å². The van der Waals surface area contributed by atoms with Crippen LogP contribution in [0.15, 0.2) is 28.1 Å². The van der Waals surface area contributed by atoms with Gasteiger partial charge in [-0.25, -0.2) is 0 Å². The number of rotatable bonds is 1. The molecule has 0 unspecified atom stereocenters. The Morgan fingerprint density at radius 1 is 1.29 bits per heavy atom. The first-order chi connectivity index (χ1) is 6.77. The van der Waals surface area contributed by atoms with Gasteiger partial charge < -0.3 is 5.32 Å². The third-order valence-electron chi connectivity index (χ3n) is 1.76. The van der Waals surface area contributed by atoms with Crippen LogP contribution in [0.5, 0.6) is 0 Å². The predicted octanol–water partition coefficient (Wildman–Crippen LogP) is 3.04. The van der Waals surface area contributed by atoms with Gasteiger partial charge in [0.05, 0.1) is 21.5 Å². The standard InChI is InChI=1S/C9H8Cl2N2S/c10-6-2-1-3-7(11)8(6)14-9-12-4-5-13-9/h1-3H,4-5H2,(H,12,13). The highest BCUT2D eigenvalue weighted by Gasteiger charge is 2.12. The first-order valence-corrected chi connectivity index (χ1v) is 5.75. The van der Waals surface area contributed by atoms with Gasteiger partial charge in [0, 0.05) is 6.54 Å². The maximum atomic E-state index is 6.02. The molecule has 1 aromatic carbocycles. The highest BCUT2D eigenvalue weighted by Crippen LogP contribution is 2.34. The zero-order valence-corrected chi connectivity index (χ0v) is 9.59. The number of benzene rings is 1. The van der Waals surface area contributed by atoms with Crippen molar-refractivity contribution in [1.29, 1.82) is 0 Å². The Morgan fingerprint density at radius 3 is 2.57 bits per heavy atom. The number of nitrogens with zero attached hydrogens (tertiary/aromatic N) is 1. The molecule has 2 rings (SSSR count). The second-order valence-corrected chi connectivity index (χ2v) is 4.58. The van der Waals surface area contributed by atoms with E-state index in [0.29, 0.717) is 10.0 Å². The summed E-state index contributed by atoms with van der Waals surface area (Å²) in [6.45, 7) is 1.72. The molecule has 5 heteroatoms. The molecule has 0 fully saturated rings. The SMILES string of the molecule is Clc1cccc(Cl)c1SC1=NCCN1. The summed E-state index contributed by atoms with van der Waals surface area (Å²) in [7, 11) is 0. The first-order valence-electron chi connectivity index (χ1n) is 4.17. The number of nitrogens with one attached hydrogen (secondary N) is 1. The van der Waals surface area contributed by atoms with Crippen molar-refractivity contribution in [3.05, 3.63) is 28.2 Å². The second kappa shape index (κ2) is 4.43. The van der Waals surface area contributed by atoms with Gasteiger partial charge in [-0.2, -0.15) is 0 Å². The van der Waals surface area contributed by atoms with Crippen molar-refractivity contribution >= 4 is 40.1 Å². The molecule has 0 saturated carbocycles. The van der Waals surface area contributed by atoms with E-state index in [9.17, 15) is 0 Å². The molecule has 1 heterocycles. The Labute approximate surface area is 96.7 Å². The van der Waals surface area contributed by atoms with Gasteiger partial charge in [-0.15, -0.1) is 0 Å². The van der Waals surface area contributed by atoms with E-state index in [1.165, 1.54) is 11.8 Å². The summed E-state index contributed by atoms with van der Waals surface area (Å²) in [5.41, 5.74) is 0. The highest BCUT2D eigenvalue weighted by molar-refractivity contribution is 8.14. The summed E-state index contributed by atoms with van der Waals surface area (Å²) in [5.74, 6) is 0. The molecule has 0 aromatic heterocycles. The van der Waals surface area contributed by atoms with E-state index in [2.05, 4.69) is 10.3 Å². The minimum atomic E-state index is 0.666. The zero-order valence-electron chi connectivity index (χ0n) is 7.26. The predicted molar refractivity (Wildman–Crippen MR) is 62.6 cm³/mol. The fourth-order valence-electron chi connectivity index (χ4n) is 1.12. The third-order valence-corrected chi connectivity index (χ3v) is 3.73. The average Bonchev–Trinajstić information content (AvgIpc) is 2.64. The average molecular weight is 247 g/mol. The molecular weight excluding hydrogens is 239 g/mol. The van der Waals surface area contributed by atoms with Crippen LogP contribution in [0.1, 0.15) is 0 Å². The lowest BCUT2D eigenvalue weighted by Gasteiger charge is -2.05. The lowest BCUT2D eigenvalue weighted by molar-refractivity contribution is 0.963. The highest BCUT2D eigenvalue weighted by atomic mass is 35.5. The van der Waals surface area contributed by atoms with Crippen LogP contribution < -0.4 is 5.32 Å². The molecule has 1 aliphatic rings. The quantitative estimate of drug-likeness (QED) is 0.824. The third kappa shape index (κ3) is 2.16. The minimum absolute atomic E-state index is 0.666. The summed E-state index contributed by atoms with van der Waals surface area (Å²) in [6, 6.07) is 5.48. The first kappa shape index (κ1) is 10.1. The molecule has 14 heavy (non-hydrogen) atoms. The topological polar surface area (TPSA) is 24.4 Å². The van der Waals surface area contributed by atoms with Gasteiger partial charge in [0.2, 0.25) is 0 Å². The fourth-order valence-corrected chi connectivity index (χ4v) is 2.60. The van der Waals surface area contributed by atoms with Gasteiger partial charge in [0.15, 0.2) is 5.17 Å². The molecule has 2 nitrogen and oxygen atoms in total. The van der Waals surface area contributed by atoms with E-state index in [1.54, 1.807) is 0 Å². The molecule has 1 N–H and O–H groups in total. The smallest absolute Gasteiger partial charge is 0.161 e. The van der Waals surface area contributed by atoms with Crippen molar-refractivity contribution in [2.75, 3.05) is 13.1 Å². The number of amidine groups is 1. The summed E-state index contributed by atoms with van der Waals surface area (Å²) < 4.78 is 0. The summed E-state index contributed by atoms with van der Waals surface area (Å²) in [5, 5.41) is 5.38. The zero-order chi connectivity index (χ0) is 9.97. The van der Waals surface area contributed by atoms with E-state index >= 15 is 0 Å². The van der Waals surface area contributed by atoms with Crippen molar-refractivity contribution < 1.29 is 0 Å². The van der Waals surface area contributed by atoms with Gasteiger partial charge in [-0.05, 0) is 23.9 Å². The van der Waals surface area contributed by atoms with E-state index in [4.69, 9.17) is 23.2 Å². The van der Waals surface area contributed by atoms with Gasteiger partial charge >= 0.3 is 0 Å². The Balaban J connectivity index is 2.23. The van der Waals surface area contributed by atoms with Crippen molar-refractivity contribution in [2.24, 2.45) is 4.99 Å². The van der Waals surface area contributed by atoms with Crippen LogP contribution in [0.4, 0.5) is 0 Å². The van der Waals surface area contributed by atoms with Crippen LogP contribution >= 0.6 is 35.0 Å². The number of hydrogen-bond donors (Lipinski definition) is 1. The molecule has 1 aromatic rings. The van der Waals surface area contributed by atoms with Crippen LogP contribution in [0.25, 0.3) is 0 Å².